The molecule has 19 heteroatoms. The molecule has 0 saturated heterocycles. The van der Waals surface area contributed by atoms with E-state index in [1.807, 2.05) is 36.4 Å². The Morgan fingerprint density at radius 3 is 1.78 bits per heavy atom. The number of anilines is 2. The van der Waals surface area contributed by atoms with Gasteiger partial charge in [-0.15, -0.1) is 0 Å². The first kappa shape index (κ1) is 44.3. The molecule has 3 aromatic heterocycles. The number of benzene rings is 2. The van der Waals surface area contributed by atoms with E-state index in [4.69, 9.17) is 64.6 Å². The summed E-state index contributed by atoms with van der Waals surface area (Å²) in [6.07, 6.45) is 1.67. The maximum Gasteiger partial charge on any atom is 0.292 e. The molecular weight excluding hydrogens is 754 g/mol. The summed E-state index contributed by atoms with van der Waals surface area (Å²) in [4.78, 5) is 25.3. The lowest BCUT2D eigenvalue weighted by Gasteiger charge is -2.09. The van der Waals surface area contributed by atoms with E-state index in [0.717, 1.165) is 16.7 Å². The van der Waals surface area contributed by atoms with Gasteiger partial charge in [-0.2, -0.15) is 10.1 Å². The van der Waals surface area contributed by atoms with Gasteiger partial charge in [0.1, 0.15) is 23.4 Å². The molecule has 316 valence electrons. The minimum Gasteiger partial charge on any atom is -0.424 e. The molecular formula is C39H55N9O10. The normalized spacial score (nSPS) is 11.6. The maximum absolute atomic E-state index is 12.4. The maximum atomic E-state index is 12.4. The standard InChI is InChI=1S/C39H55N9O10/c40-8-10-51-12-14-53-16-18-55-20-22-57-24-23-56-21-19-54-17-15-52-13-11-50-9-7-34(49)43-26-29-1-3-30(4-2-29)27-48-38-35(37(41)44-28-45-38)36(47-48)31-5-6-33-32(25-31)46-39(42)58-33/h1-6,25,28H,7-24,26-27,40H2,(H2,42,46)(H,43,49)(H2,41,44,45). The van der Waals surface area contributed by atoms with E-state index in [9.17, 15) is 4.79 Å². The van der Waals surface area contributed by atoms with E-state index in [2.05, 4.69) is 20.3 Å². The van der Waals surface area contributed by atoms with Gasteiger partial charge in [-0.05, 0) is 29.3 Å². The van der Waals surface area contributed by atoms with E-state index < -0.39 is 0 Å². The summed E-state index contributed by atoms with van der Waals surface area (Å²) in [7, 11) is 0. The van der Waals surface area contributed by atoms with Crippen LogP contribution in [0.3, 0.4) is 0 Å². The van der Waals surface area contributed by atoms with Crippen LogP contribution in [0.1, 0.15) is 17.5 Å². The van der Waals surface area contributed by atoms with Gasteiger partial charge in [0.05, 0.1) is 118 Å². The molecule has 1 amide bonds. The van der Waals surface area contributed by atoms with Crippen molar-refractivity contribution in [3.8, 4) is 11.3 Å². The highest BCUT2D eigenvalue weighted by Crippen LogP contribution is 2.32. The van der Waals surface area contributed by atoms with Gasteiger partial charge in [0, 0.05) is 25.1 Å². The number of rotatable bonds is 31. The summed E-state index contributed by atoms with van der Waals surface area (Å²) >= 11 is 0. The van der Waals surface area contributed by atoms with Gasteiger partial charge >= 0.3 is 0 Å². The van der Waals surface area contributed by atoms with Gasteiger partial charge in [0.25, 0.3) is 6.01 Å². The van der Waals surface area contributed by atoms with Crippen LogP contribution in [-0.2, 0) is 55.8 Å². The Kier molecular flexibility index (Phi) is 19.5. The molecule has 5 aromatic rings. The number of nitrogen functional groups attached to an aromatic ring is 2. The Morgan fingerprint density at radius 2 is 1.21 bits per heavy atom. The van der Waals surface area contributed by atoms with Crippen molar-refractivity contribution in [2.75, 3.05) is 124 Å². The average molecular weight is 810 g/mol. The van der Waals surface area contributed by atoms with Crippen molar-refractivity contribution < 1.29 is 47.1 Å². The molecule has 0 aliphatic rings. The highest BCUT2D eigenvalue weighted by molar-refractivity contribution is 5.99. The van der Waals surface area contributed by atoms with Crippen molar-refractivity contribution in [2.24, 2.45) is 5.73 Å². The number of hydrogen-bond acceptors (Lipinski definition) is 17. The van der Waals surface area contributed by atoms with E-state index in [1.165, 1.54) is 6.33 Å². The molecule has 2 aromatic carbocycles. The van der Waals surface area contributed by atoms with Crippen molar-refractivity contribution >= 4 is 39.9 Å². The number of hydrogen-bond donors (Lipinski definition) is 4. The first-order chi connectivity index (χ1) is 28.5. The van der Waals surface area contributed by atoms with Crippen LogP contribution >= 0.6 is 0 Å². The van der Waals surface area contributed by atoms with Gasteiger partial charge in [0.2, 0.25) is 5.91 Å². The zero-order valence-corrected chi connectivity index (χ0v) is 32.8. The molecule has 19 nitrogen and oxygen atoms in total. The number of carbonyl (C=O) groups is 1. The van der Waals surface area contributed by atoms with Crippen LogP contribution < -0.4 is 22.5 Å². The smallest absolute Gasteiger partial charge is 0.292 e. The number of nitrogens with zero attached hydrogens (tertiary/aromatic N) is 5. The number of ether oxygens (including phenoxy) is 8. The summed E-state index contributed by atoms with van der Waals surface area (Å²) in [6, 6.07) is 13.5. The number of oxazole rings is 1. The van der Waals surface area contributed by atoms with Crippen LogP contribution in [0.25, 0.3) is 33.4 Å². The lowest BCUT2D eigenvalue weighted by atomic mass is 10.1. The van der Waals surface area contributed by atoms with Crippen LogP contribution in [0.4, 0.5) is 11.8 Å². The summed E-state index contributed by atoms with van der Waals surface area (Å²) in [5.74, 6) is 0.229. The van der Waals surface area contributed by atoms with Gasteiger partial charge in [0.15, 0.2) is 11.2 Å². The number of aromatic nitrogens is 5. The van der Waals surface area contributed by atoms with E-state index >= 15 is 0 Å². The fourth-order valence-corrected chi connectivity index (χ4v) is 5.55. The number of amides is 1. The molecule has 0 aliphatic carbocycles. The Bertz CT molecular complexity index is 1930. The first-order valence-corrected chi connectivity index (χ1v) is 19.3. The zero-order valence-electron chi connectivity index (χ0n) is 32.8. The van der Waals surface area contributed by atoms with E-state index in [0.29, 0.717) is 159 Å². The fourth-order valence-electron chi connectivity index (χ4n) is 5.55. The molecule has 5 rings (SSSR count). The molecule has 0 aliphatic heterocycles. The largest absolute Gasteiger partial charge is 0.424 e. The zero-order chi connectivity index (χ0) is 40.6. The summed E-state index contributed by atoms with van der Waals surface area (Å²) < 4.78 is 50.8. The van der Waals surface area contributed by atoms with Gasteiger partial charge < -0.3 is 64.8 Å². The van der Waals surface area contributed by atoms with Crippen molar-refractivity contribution in [3.05, 3.63) is 59.9 Å². The Balaban J connectivity index is 0.846. The van der Waals surface area contributed by atoms with Crippen molar-refractivity contribution in [1.29, 1.82) is 0 Å². The minimum atomic E-state index is -0.0982. The van der Waals surface area contributed by atoms with Gasteiger partial charge in [-0.1, -0.05) is 24.3 Å². The van der Waals surface area contributed by atoms with Crippen LogP contribution in [0, 0.1) is 0 Å². The molecule has 58 heavy (non-hydrogen) atoms. The Morgan fingerprint density at radius 1 is 0.672 bits per heavy atom. The molecule has 0 saturated carbocycles. The van der Waals surface area contributed by atoms with Crippen LogP contribution in [0.2, 0.25) is 0 Å². The third kappa shape index (κ3) is 15.2. The number of carbonyl (C=O) groups excluding carboxylic acids is 1. The fraction of sp³-hybridized carbons (Fsp3) is 0.513. The first-order valence-electron chi connectivity index (χ1n) is 19.3. The van der Waals surface area contributed by atoms with Crippen LogP contribution in [0.5, 0.6) is 0 Å². The lowest BCUT2D eigenvalue weighted by molar-refractivity contribution is -0.122. The second-order valence-electron chi connectivity index (χ2n) is 12.7. The molecule has 3 heterocycles. The van der Waals surface area contributed by atoms with Crippen LogP contribution in [0.15, 0.2) is 53.2 Å². The topological polar surface area (TPSA) is 251 Å². The third-order valence-electron chi connectivity index (χ3n) is 8.42. The average Bonchev–Trinajstić information content (AvgIpc) is 3.80. The number of nitrogens with two attached hydrogens (primary N) is 3. The molecule has 0 unspecified atom stereocenters. The van der Waals surface area contributed by atoms with E-state index in [1.54, 1.807) is 10.7 Å². The predicted octanol–water partition coefficient (Wildman–Crippen LogP) is 1.95. The lowest BCUT2D eigenvalue weighted by Crippen LogP contribution is -2.24. The number of fused-ring (bicyclic) bond motifs is 2. The quantitative estimate of drug-likeness (QED) is 0.0467. The highest BCUT2D eigenvalue weighted by Gasteiger charge is 2.18. The summed E-state index contributed by atoms with van der Waals surface area (Å²) in [5.41, 5.74) is 22.5. The number of nitrogens with one attached hydrogen (secondary N) is 1. The highest BCUT2D eigenvalue weighted by atomic mass is 16.6. The monoisotopic (exact) mass is 809 g/mol. The Hall–Kier alpha value is -4.83. The SMILES string of the molecule is NCCOCCOCCOCCOCCOCCOCCOCCOCCC(=O)NCc1ccc(Cn2nc(-c3ccc4oc(N)nc4c3)c3c(N)ncnc32)cc1. The van der Waals surface area contributed by atoms with Gasteiger partial charge in [-0.3, -0.25) is 4.79 Å². The summed E-state index contributed by atoms with van der Waals surface area (Å²) in [6.45, 7) is 8.91. The van der Waals surface area contributed by atoms with Crippen molar-refractivity contribution in [1.82, 2.24) is 30.0 Å². The molecule has 0 atom stereocenters. The van der Waals surface area contributed by atoms with Crippen molar-refractivity contribution in [3.63, 3.8) is 0 Å². The molecule has 0 bridgehead atoms. The second-order valence-corrected chi connectivity index (χ2v) is 12.7. The van der Waals surface area contributed by atoms with Gasteiger partial charge in [-0.25, -0.2) is 14.6 Å². The van der Waals surface area contributed by atoms with Crippen LogP contribution in [-0.4, -0.2) is 143 Å². The Labute approximate surface area is 336 Å². The van der Waals surface area contributed by atoms with E-state index in [-0.39, 0.29) is 18.3 Å². The molecule has 0 fully saturated rings. The molecule has 7 N–H and O–H groups in total. The third-order valence-corrected chi connectivity index (χ3v) is 8.42. The van der Waals surface area contributed by atoms with Crippen molar-refractivity contribution in [2.45, 2.75) is 19.5 Å². The molecule has 0 spiro atoms. The predicted molar refractivity (Wildman–Crippen MR) is 215 cm³/mol. The molecule has 0 radical (unpaired) electrons. The second kappa shape index (κ2) is 25.5. The summed E-state index contributed by atoms with van der Waals surface area (Å²) in [5, 5.41) is 8.44. The minimum absolute atomic E-state index is 0.0928.